The maximum absolute atomic E-state index is 12.9. The molecule has 1 aromatic carbocycles. The van der Waals surface area contributed by atoms with Crippen LogP contribution in [0.25, 0.3) is 10.6 Å². The molecule has 1 amide bonds. The quantitative estimate of drug-likeness (QED) is 0.667. The van der Waals surface area contributed by atoms with Crippen LogP contribution < -0.4 is 10.1 Å². The number of thiophene rings is 1. The molecule has 2 aromatic heterocycles. The van der Waals surface area contributed by atoms with Gasteiger partial charge in [-0.3, -0.25) is 9.48 Å². The predicted molar refractivity (Wildman–Crippen MR) is 114 cm³/mol. The number of rotatable bonds is 5. The summed E-state index contributed by atoms with van der Waals surface area (Å²) in [5, 5.41) is 9.29. The molecule has 0 radical (unpaired) electrons. The minimum atomic E-state index is -3.08. The highest BCUT2D eigenvalue weighted by Crippen LogP contribution is 2.33. The van der Waals surface area contributed by atoms with Crippen LogP contribution in [0.1, 0.15) is 28.5 Å². The van der Waals surface area contributed by atoms with Crippen molar-refractivity contribution in [3.8, 4) is 16.3 Å². The average Bonchev–Trinajstić information content (AvgIpc) is 3.40. The van der Waals surface area contributed by atoms with E-state index in [9.17, 15) is 13.2 Å². The molecule has 0 spiro atoms. The van der Waals surface area contributed by atoms with E-state index >= 15 is 0 Å². The number of methoxy groups -OCH3 is 1. The minimum Gasteiger partial charge on any atom is -0.495 e. The van der Waals surface area contributed by atoms with E-state index in [0.717, 1.165) is 16.1 Å². The third-order valence-electron chi connectivity index (χ3n) is 4.90. The van der Waals surface area contributed by atoms with Gasteiger partial charge in [-0.1, -0.05) is 12.1 Å². The number of aryl methyl sites for hydroxylation is 1. The molecule has 4 rings (SSSR count). The van der Waals surface area contributed by atoms with Gasteiger partial charge in [0.15, 0.2) is 15.5 Å². The molecule has 1 fully saturated rings. The van der Waals surface area contributed by atoms with Crippen LogP contribution in [0.3, 0.4) is 0 Å². The van der Waals surface area contributed by atoms with Crippen molar-refractivity contribution in [2.24, 2.45) is 0 Å². The van der Waals surface area contributed by atoms with Crippen molar-refractivity contribution >= 4 is 32.8 Å². The molecule has 1 unspecified atom stereocenters. The van der Waals surface area contributed by atoms with Crippen LogP contribution in [0.4, 0.5) is 5.69 Å². The number of aromatic nitrogens is 2. The summed E-state index contributed by atoms with van der Waals surface area (Å²) < 4.78 is 30.9. The Hall–Kier alpha value is -2.65. The first kappa shape index (κ1) is 19.7. The highest BCUT2D eigenvalue weighted by atomic mass is 32.2. The highest BCUT2D eigenvalue weighted by molar-refractivity contribution is 7.91. The molecule has 7 nitrogen and oxygen atoms in total. The zero-order valence-corrected chi connectivity index (χ0v) is 17.7. The summed E-state index contributed by atoms with van der Waals surface area (Å²) in [6, 6.07) is 10.8. The number of sulfone groups is 1. The number of carbonyl (C=O) groups excluding carboxylic acids is 1. The number of hydrogen-bond donors (Lipinski definition) is 1. The van der Waals surface area contributed by atoms with Gasteiger partial charge in [0.05, 0.1) is 40.9 Å². The Morgan fingerprint density at radius 2 is 2.14 bits per heavy atom. The molecule has 0 saturated carbocycles. The van der Waals surface area contributed by atoms with Gasteiger partial charge in [-0.2, -0.15) is 5.10 Å². The molecule has 1 atom stereocenters. The summed E-state index contributed by atoms with van der Waals surface area (Å²) in [6.07, 6.45) is 0.495. The SMILES string of the molecule is COc1ccc(C)cc1NC(=O)c1cc(-c2cccs2)n(C2CCS(=O)(=O)C2)n1. The lowest BCUT2D eigenvalue weighted by molar-refractivity contribution is 0.102. The number of carbonyl (C=O) groups is 1. The van der Waals surface area contributed by atoms with Crippen LogP contribution in [0.15, 0.2) is 41.8 Å². The predicted octanol–water partition coefficient (Wildman–Crippen LogP) is 3.54. The van der Waals surface area contributed by atoms with Gasteiger partial charge in [0.1, 0.15) is 5.75 Å². The van der Waals surface area contributed by atoms with Crippen molar-refractivity contribution in [3.05, 3.63) is 53.0 Å². The van der Waals surface area contributed by atoms with E-state index < -0.39 is 9.84 Å². The maximum Gasteiger partial charge on any atom is 0.276 e. The lowest BCUT2D eigenvalue weighted by Gasteiger charge is -2.12. The summed E-state index contributed by atoms with van der Waals surface area (Å²) in [5.41, 5.74) is 2.54. The van der Waals surface area contributed by atoms with E-state index in [2.05, 4.69) is 10.4 Å². The second kappa shape index (κ2) is 7.64. The molecule has 9 heteroatoms. The molecular formula is C20H21N3O4S2. The second-order valence-electron chi connectivity index (χ2n) is 7.05. The minimum absolute atomic E-state index is 0.0415. The van der Waals surface area contributed by atoms with Crippen LogP contribution in [0.5, 0.6) is 5.75 Å². The lowest BCUT2D eigenvalue weighted by atomic mass is 10.2. The van der Waals surface area contributed by atoms with E-state index in [1.165, 1.54) is 11.3 Å². The smallest absolute Gasteiger partial charge is 0.276 e. The van der Waals surface area contributed by atoms with E-state index in [1.54, 1.807) is 23.9 Å². The summed E-state index contributed by atoms with van der Waals surface area (Å²) in [7, 11) is -1.53. The Bertz CT molecular complexity index is 1150. The van der Waals surface area contributed by atoms with Gasteiger partial charge >= 0.3 is 0 Å². The van der Waals surface area contributed by atoms with Gasteiger partial charge in [-0.05, 0) is 48.6 Å². The molecule has 3 heterocycles. The van der Waals surface area contributed by atoms with Gasteiger partial charge in [-0.15, -0.1) is 11.3 Å². The van der Waals surface area contributed by atoms with E-state index in [1.807, 2.05) is 36.6 Å². The number of anilines is 1. The van der Waals surface area contributed by atoms with E-state index in [-0.39, 0.29) is 29.1 Å². The van der Waals surface area contributed by atoms with E-state index in [0.29, 0.717) is 17.9 Å². The third-order valence-corrected chi connectivity index (χ3v) is 7.54. The average molecular weight is 432 g/mol. The van der Waals surface area contributed by atoms with Crippen molar-refractivity contribution in [2.75, 3.05) is 23.9 Å². The molecule has 3 aromatic rings. The summed E-state index contributed by atoms with van der Waals surface area (Å²) in [6.45, 7) is 1.93. The Balaban J connectivity index is 1.69. The maximum atomic E-state index is 12.9. The Kier molecular flexibility index (Phi) is 5.18. The molecule has 1 aliphatic rings. The van der Waals surface area contributed by atoms with Crippen LogP contribution in [-0.4, -0.2) is 42.7 Å². The molecule has 1 aliphatic heterocycles. The first-order chi connectivity index (χ1) is 13.9. The van der Waals surface area contributed by atoms with Crippen LogP contribution in [-0.2, 0) is 9.84 Å². The molecule has 1 N–H and O–H groups in total. The van der Waals surface area contributed by atoms with Gasteiger partial charge in [0.25, 0.3) is 5.91 Å². The van der Waals surface area contributed by atoms with Crippen molar-refractivity contribution in [2.45, 2.75) is 19.4 Å². The normalized spacial score (nSPS) is 17.9. The fraction of sp³-hybridized carbons (Fsp3) is 0.300. The van der Waals surface area contributed by atoms with Crippen molar-refractivity contribution < 1.29 is 17.9 Å². The van der Waals surface area contributed by atoms with Crippen LogP contribution in [0.2, 0.25) is 0 Å². The number of amides is 1. The fourth-order valence-electron chi connectivity index (χ4n) is 3.47. The van der Waals surface area contributed by atoms with Crippen molar-refractivity contribution in [1.29, 1.82) is 0 Å². The largest absolute Gasteiger partial charge is 0.495 e. The lowest BCUT2D eigenvalue weighted by Crippen LogP contribution is -2.17. The topological polar surface area (TPSA) is 90.3 Å². The Morgan fingerprint density at radius 1 is 1.31 bits per heavy atom. The van der Waals surface area contributed by atoms with Gasteiger partial charge in [0.2, 0.25) is 0 Å². The molecule has 29 heavy (non-hydrogen) atoms. The zero-order valence-electron chi connectivity index (χ0n) is 16.1. The number of nitrogens with zero attached hydrogens (tertiary/aromatic N) is 2. The van der Waals surface area contributed by atoms with Gasteiger partial charge < -0.3 is 10.1 Å². The fourth-order valence-corrected chi connectivity index (χ4v) is 5.89. The summed E-state index contributed by atoms with van der Waals surface area (Å²) >= 11 is 1.52. The van der Waals surface area contributed by atoms with Crippen LogP contribution >= 0.6 is 11.3 Å². The Labute approximate surface area is 173 Å². The molecular weight excluding hydrogens is 410 g/mol. The highest BCUT2D eigenvalue weighted by Gasteiger charge is 2.32. The Morgan fingerprint density at radius 3 is 2.79 bits per heavy atom. The van der Waals surface area contributed by atoms with Crippen molar-refractivity contribution in [1.82, 2.24) is 9.78 Å². The standard InChI is InChI=1S/C20H21N3O4S2/c1-13-5-6-18(27-2)15(10-13)21-20(24)16-11-17(19-4-3-8-28-19)23(22-16)14-7-9-29(25,26)12-14/h3-6,8,10-11,14H,7,9,12H2,1-2H3,(H,21,24). The first-order valence-corrected chi connectivity index (χ1v) is 11.9. The molecule has 0 bridgehead atoms. The van der Waals surface area contributed by atoms with Crippen molar-refractivity contribution in [3.63, 3.8) is 0 Å². The van der Waals surface area contributed by atoms with Gasteiger partial charge in [0, 0.05) is 0 Å². The second-order valence-corrected chi connectivity index (χ2v) is 10.2. The monoisotopic (exact) mass is 431 g/mol. The van der Waals surface area contributed by atoms with Crippen LogP contribution in [0, 0.1) is 6.92 Å². The number of nitrogens with one attached hydrogen (secondary N) is 1. The summed E-state index contributed by atoms with van der Waals surface area (Å²) in [4.78, 5) is 13.9. The number of hydrogen-bond acceptors (Lipinski definition) is 6. The van der Waals surface area contributed by atoms with Gasteiger partial charge in [-0.25, -0.2) is 8.42 Å². The van der Waals surface area contributed by atoms with E-state index in [4.69, 9.17) is 4.74 Å². The molecule has 1 saturated heterocycles. The zero-order chi connectivity index (χ0) is 20.6. The molecule has 0 aliphatic carbocycles. The molecule has 152 valence electrons. The number of ether oxygens (including phenoxy) is 1. The third kappa shape index (κ3) is 4.06. The first-order valence-electron chi connectivity index (χ1n) is 9.16. The summed E-state index contributed by atoms with van der Waals surface area (Å²) in [5.74, 6) is 0.374. The number of benzene rings is 1.